The minimum atomic E-state index is -4.45. The number of rotatable bonds is 9. The highest BCUT2D eigenvalue weighted by Gasteiger charge is 2.32. The zero-order chi connectivity index (χ0) is 26.6. The predicted octanol–water partition coefficient (Wildman–Crippen LogP) is 4.17. The number of aryl methyl sites for hydroxylation is 1. The summed E-state index contributed by atoms with van der Waals surface area (Å²) in [5.74, 6) is -1.06. The number of hydrogen-bond acceptors (Lipinski definition) is 7. The van der Waals surface area contributed by atoms with Crippen molar-refractivity contribution in [1.82, 2.24) is 14.5 Å². The summed E-state index contributed by atoms with van der Waals surface area (Å²) in [6.45, 7) is 2.00. The quantitative estimate of drug-likeness (QED) is 0.328. The van der Waals surface area contributed by atoms with Crippen LogP contribution < -0.4 is 5.56 Å². The summed E-state index contributed by atoms with van der Waals surface area (Å²) in [6.07, 6.45) is 2.29. The number of ether oxygens (including phenoxy) is 1. The van der Waals surface area contributed by atoms with Crippen LogP contribution in [0.1, 0.15) is 30.8 Å². The van der Waals surface area contributed by atoms with Crippen LogP contribution in [0.2, 0.25) is 0 Å². The predicted molar refractivity (Wildman–Crippen MR) is 136 cm³/mol. The second-order valence-electron chi connectivity index (χ2n) is 8.39. The molecule has 0 aliphatic heterocycles. The van der Waals surface area contributed by atoms with Gasteiger partial charge in [-0.15, -0.1) is 0 Å². The molecular formula is C27H26FN3O5S. The van der Waals surface area contributed by atoms with Crippen LogP contribution in [0, 0.1) is 5.95 Å². The lowest BCUT2D eigenvalue weighted by Gasteiger charge is -2.25. The van der Waals surface area contributed by atoms with Crippen LogP contribution in [0.15, 0.2) is 87.5 Å². The Morgan fingerprint density at radius 3 is 2.30 bits per heavy atom. The van der Waals surface area contributed by atoms with Gasteiger partial charge in [0.2, 0.25) is 21.7 Å². The van der Waals surface area contributed by atoms with Gasteiger partial charge in [-0.05, 0) is 41.8 Å². The van der Waals surface area contributed by atoms with E-state index in [9.17, 15) is 22.7 Å². The minimum Gasteiger partial charge on any atom is -0.493 e. The molecule has 192 valence electrons. The molecule has 1 atom stereocenters. The van der Waals surface area contributed by atoms with Crippen molar-refractivity contribution in [3.8, 4) is 17.0 Å². The third kappa shape index (κ3) is 5.30. The molecule has 2 heterocycles. The standard InChI is InChI=1S/C27H26FN3O5S/c1-3-7-24-30-26(32)25(27(33)31(24)22(17-36-2)19-8-5-4-6-9-19)37(34,35)21-13-10-18(11-14-21)20-12-15-23(28)29-16-20/h4-6,8-16,22,33H,3,7,17H2,1-2H3. The SMILES string of the molecule is CCCc1nc(=O)c(S(=O)(=O)c2ccc(-c3ccc(F)nc3)cc2)c(O)n1C(COC)c1ccccc1. The third-order valence-corrected chi connectivity index (χ3v) is 7.71. The summed E-state index contributed by atoms with van der Waals surface area (Å²) in [5.41, 5.74) is 0.913. The second kappa shape index (κ2) is 11.0. The highest BCUT2D eigenvalue weighted by molar-refractivity contribution is 7.91. The number of benzene rings is 2. The molecule has 0 spiro atoms. The molecule has 1 unspecified atom stereocenters. The number of aromatic hydroxyl groups is 1. The van der Waals surface area contributed by atoms with Crippen LogP contribution in [-0.2, 0) is 21.0 Å². The van der Waals surface area contributed by atoms with Gasteiger partial charge in [-0.1, -0.05) is 49.4 Å². The van der Waals surface area contributed by atoms with Gasteiger partial charge in [0.15, 0.2) is 4.90 Å². The summed E-state index contributed by atoms with van der Waals surface area (Å²) < 4.78 is 47.1. The van der Waals surface area contributed by atoms with E-state index in [2.05, 4.69) is 9.97 Å². The molecule has 4 rings (SSSR count). The number of hydrogen-bond donors (Lipinski definition) is 1. The van der Waals surface area contributed by atoms with E-state index in [0.29, 0.717) is 24.0 Å². The Morgan fingerprint density at radius 1 is 1.03 bits per heavy atom. The molecule has 10 heteroatoms. The van der Waals surface area contributed by atoms with E-state index in [1.807, 2.05) is 37.3 Å². The molecule has 1 N–H and O–H groups in total. The molecule has 37 heavy (non-hydrogen) atoms. The number of aromatic nitrogens is 3. The van der Waals surface area contributed by atoms with Gasteiger partial charge < -0.3 is 9.84 Å². The lowest BCUT2D eigenvalue weighted by Crippen LogP contribution is -2.29. The van der Waals surface area contributed by atoms with E-state index in [-0.39, 0.29) is 17.3 Å². The first-order chi connectivity index (χ1) is 17.8. The largest absolute Gasteiger partial charge is 0.493 e. The average Bonchev–Trinajstić information content (AvgIpc) is 2.89. The van der Waals surface area contributed by atoms with E-state index in [0.717, 1.165) is 5.56 Å². The maximum atomic E-state index is 13.6. The first-order valence-corrected chi connectivity index (χ1v) is 13.1. The Balaban J connectivity index is 1.85. The highest BCUT2D eigenvalue weighted by atomic mass is 32.2. The highest BCUT2D eigenvalue weighted by Crippen LogP contribution is 2.32. The zero-order valence-corrected chi connectivity index (χ0v) is 21.2. The Morgan fingerprint density at radius 2 is 1.70 bits per heavy atom. The van der Waals surface area contributed by atoms with Gasteiger partial charge >= 0.3 is 0 Å². The normalized spacial score (nSPS) is 12.4. The molecule has 0 bridgehead atoms. The molecule has 0 aliphatic carbocycles. The Hall–Kier alpha value is -3.89. The van der Waals surface area contributed by atoms with E-state index in [4.69, 9.17) is 4.74 Å². The number of methoxy groups -OCH3 is 1. The fourth-order valence-corrected chi connectivity index (χ4v) is 5.50. The smallest absolute Gasteiger partial charge is 0.296 e. The third-order valence-electron chi connectivity index (χ3n) is 5.92. The lowest BCUT2D eigenvalue weighted by atomic mass is 10.1. The summed E-state index contributed by atoms with van der Waals surface area (Å²) in [6, 6.07) is 16.9. The number of nitrogens with zero attached hydrogens (tertiary/aromatic N) is 3. The van der Waals surface area contributed by atoms with Crippen molar-refractivity contribution in [2.24, 2.45) is 0 Å². The van der Waals surface area contributed by atoms with Crippen LogP contribution >= 0.6 is 0 Å². The maximum absolute atomic E-state index is 13.6. The first kappa shape index (κ1) is 26.2. The van der Waals surface area contributed by atoms with E-state index >= 15 is 0 Å². The van der Waals surface area contributed by atoms with Gasteiger partial charge in [0.25, 0.3) is 5.56 Å². The van der Waals surface area contributed by atoms with Crippen LogP contribution in [0.5, 0.6) is 5.88 Å². The Labute approximate surface area is 214 Å². The van der Waals surface area contributed by atoms with Crippen molar-refractivity contribution in [1.29, 1.82) is 0 Å². The zero-order valence-electron chi connectivity index (χ0n) is 20.3. The monoisotopic (exact) mass is 523 g/mol. The molecular weight excluding hydrogens is 497 g/mol. The summed E-state index contributed by atoms with van der Waals surface area (Å²) >= 11 is 0. The fourth-order valence-electron chi connectivity index (χ4n) is 4.16. The Kier molecular flexibility index (Phi) is 7.80. The van der Waals surface area contributed by atoms with Crippen LogP contribution in [0.4, 0.5) is 4.39 Å². The van der Waals surface area contributed by atoms with Crippen LogP contribution in [0.3, 0.4) is 0 Å². The van der Waals surface area contributed by atoms with Crippen molar-refractivity contribution >= 4 is 9.84 Å². The maximum Gasteiger partial charge on any atom is 0.296 e. The summed E-state index contributed by atoms with van der Waals surface area (Å²) in [5, 5.41) is 11.3. The lowest BCUT2D eigenvalue weighted by molar-refractivity contribution is 0.161. The molecule has 0 radical (unpaired) electrons. The molecule has 0 fully saturated rings. The van der Waals surface area contributed by atoms with Gasteiger partial charge in [0, 0.05) is 25.3 Å². The number of pyridine rings is 1. The van der Waals surface area contributed by atoms with E-state index in [1.165, 1.54) is 54.3 Å². The Bertz CT molecular complexity index is 1540. The minimum absolute atomic E-state index is 0.110. The molecule has 8 nitrogen and oxygen atoms in total. The number of sulfone groups is 1. The van der Waals surface area contributed by atoms with Gasteiger partial charge in [-0.3, -0.25) is 9.36 Å². The van der Waals surface area contributed by atoms with E-state index < -0.39 is 38.2 Å². The summed E-state index contributed by atoms with van der Waals surface area (Å²) in [7, 11) is -2.95. The van der Waals surface area contributed by atoms with Gasteiger partial charge in [-0.25, -0.2) is 13.4 Å². The molecule has 0 aliphatic rings. The number of halogens is 1. The van der Waals surface area contributed by atoms with Gasteiger partial charge in [0.05, 0.1) is 17.5 Å². The molecule has 0 saturated heterocycles. The van der Waals surface area contributed by atoms with Crippen molar-refractivity contribution in [2.45, 2.75) is 35.6 Å². The molecule has 0 amide bonds. The van der Waals surface area contributed by atoms with Crippen LogP contribution in [-0.4, -0.2) is 41.8 Å². The molecule has 4 aromatic rings. The fraction of sp³-hybridized carbons (Fsp3) is 0.222. The second-order valence-corrected chi connectivity index (χ2v) is 10.3. The molecule has 2 aromatic carbocycles. The molecule has 0 saturated carbocycles. The van der Waals surface area contributed by atoms with Gasteiger partial charge in [0.1, 0.15) is 5.82 Å². The first-order valence-electron chi connectivity index (χ1n) is 11.6. The van der Waals surface area contributed by atoms with Crippen molar-refractivity contribution in [2.75, 3.05) is 13.7 Å². The van der Waals surface area contributed by atoms with E-state index in [1.54, 1.807) is 0 Å². The molecule has 2 aromatic heterocycles. The van der Waals surface area contributed by atoms with Crippen molar-refractivity contribution < 1.29 is 22.7 Å². The van der Waals surface area contributed by atoms with Gasteiger partial charge in [-0.2, -0.15) is 9.37 Å². The van der Waals surface area contributed by atoms with Crippen LogP contribution in [0.25, 0.3) is 11.1 Å². The van der Waals surface area contributed by atoms with Crippen molar-refractivity contribution in [3.63, 3.8) is 0 Å². The topological polar surface area (TPSA) is 111 Å². The van der Waals surface area contributed by atoms with Crippen molar-refractivity contribution in [3.05, 3.63) is 101 Å². The average molecular weight is 524 g/mol. The summed E-state index contributed by atoms with van der Waals surface area (Å²) in [4.78, 5) is 19.7.